The van der Waals surface area contributed by atoms with Gasteiger partial charge in [-0.15, -0.1) is 0 Å². The van der Waals surface area contributed by atoms with Gasteiger partial charge in [-0.25, -0.2) is 13.0 Å². The maximum atomic E-state index is 10.7. The van der Waals surface area contributed by atoms with Gasteiger partial charge in [0, 0.05) is 23.4 Å². The van der Waals surface area contributed by atoms with Crippen molar-refractivity contribution in [3.63, 3.8) is 0 Å². The van der Waals surface area contributed by atoms with Gasteiger partial charge >= 0.3 is 5.51 Å². The van der Waals surface area contributed by atoms with E-state index in [4.69, 9.17) is 24.6 Å². The molecule has 0 saturated heterocycles. The van der Waals surface area contributed by atoms with Crippen LogP contribution in [0.3, 0.4) is 0 Å². The summed E-state index contributed by atoms with van der Waals surface area (Å²) in [5.74, 6) is 0.712. The van der Waals surface area contributed by atoms with Crippen molar-refractivity contribution >= 4 is 33.5 Å². The van der Waals surface area contributed by atoms with Gasteiger partial charge in [0.05, 0.1) is 5.92 Å². The highest BCUT2D eigenvalue weighted by Gasteiger charge is 2.39. The predicted octanol–water partition coefficient (Wildman–Crippen LogP) is 3.60. The van der Waals surface area contributed by atoms with Crippen molar-refractivity contribution in [1.29, 1.82) is 0 Å². The molecule has 0 N–H and O–H groups in total. The Labute approximate surface area is 154 Å². The maximum absolute atomic E-state index is 10.7. The molecule has 1 aromatic carbocycles. The zero-order chi connectivity index (χ0) is 19.1. The van der Waals surface area contributed by atoms with Crippen molar-refractivity contribution in [2.75, 3.05) is 13.1 Å². The molecule has 4 nitrogen and oxygen atoms in total. The van der Waals surface area contributed by atoms with Gasteiger partial charge < -0.3 is 4.55 Å². The summed E-state index contributed by atoms with van der Waals surface area (Å²) in [6.45, 7) is 2.49. The van der Waals surface area contributed by atoms with E-state index in [2.05, 4.69) is 22.8 Å². The summed E-state index contributed by atoms with van der Waals surface area (Å²) in [6, 6.07) is 6.33. The molecule has 1 atom stereocenters. The molecular weight excluding hydrogens is 391 g/mol. The highest BCUT2D eigenvalue weighted by Crippen LogP contribution is 2.36. The topological polar surface area (TPSA) is 60.2 Å². The van der Waals surface area contributed by atoms with Crippen molar-refractivity contribution < 1.29 is 30.7 Å². The minimum absolute atomic E-state index is 0.712. The van der Waals surface area contributed by atoms with Crippen LogP contribution in [-0.4, -0.2) is 41.9 Å². The van der Waals surface area contributed by atoms with Crippen molar-refractivity contribution in [2.24, 2.45) is 5.92 Å². The summed E-state index contributed by atoms with van der Waals surface area (Å²) in [4.78, 5) is 0. The molecule has 0 radical (unpaired) electrons. The van der Waals surface area contributed by atoms with E-state index in [0.29, 0.717) is 5.92 Å². The van der Waals surface area contributed by atoms with Gasteiger partial charge in [-0.1, -0.05) is 17.7 Å². The van der Waals surface area contributed by atoms with Gasteiger partial charge in [-0.2, -0.15) is 13.2 Å². The second-order valence-electron chi connectivity index (χ2n) is 6.59. The van der Waals surface area contributed by atoms with Crippen molar-refractivity contribution in [3.05, 3.63) is 39.9 Å². The minimum atomic E-state index is -6.09. The molecule has 9 heteroatoms. The molecule has 0 aromatic heterocycles. The summed E-state index contributed by atoms with van der Waals surface area (Å²) in [5.41, 5.74) is 0.408. The molecule has 1 aliphatic carbocycles. The summed E-state index contributed by atoms with van der Waals surface area (Å²) in [6.07, 6.45) is 7.60. The first-order valence-electron chi connectivity index (χ1n) is 8.19. The first kappa shape index (κ1) is 19.4. The number of alkyl halides is 3. The fourth-order valence-electron chi connectivity index (χ4n) is 3.72. The van der Waals surface area contributed by atoms with Gasteiger partial charge in [0.2, 0.25) is 0 Å². The fraction of sp³-hybridized carbons (Fsp3) is 0.471. The van der Waals surface area contributed by atoms with Gasteiger partial charge in [-0.05, 0) is 42.2 Å². The van der Waals surface area contributed by atoms with Crippen molar-refractivity contribution in [2.45, 2.75) is 31.2 Å². The first-order valence-corrected chi connectivity index (χ1v) is 9.98. The van der Waals surface area contributed by atoms with E-state index in [1.54, 1.807) is 11.3 Å². The Hall–Kier alpha value is -1.38. The Morgan fingerprint density at radius 1 is 1.23 bits per heavy atom. The van der Waals surface area contributed by atoms with Crippen LogP contribution in [0, 0.1) is 5.92 Å². The SMILES string of the molecule is Clc1ccc2c(c1)CC1C[N+]3=C(CCCC3)C1=C2.O=S(=O)([O-])C(F)(F)F. The number of hydrogen-bond donors (Lipinski definition) is 0. The van der Waals surface area contributed by atoms with E-state index in [0.717, 1.165) is 5.02 Å². The third-order valence-corrected chi connectivity index (χ3v) is 5.66. The molecule has 2 heterocycles. The summed E-state index contributed by atoms with van der Waals surface area (Å²) in [7, 11) is -6.09. The molecule has 1 unspecified atom stereocenters. The lowest BCUT2D eigenvalue weighted by molar-refractivity contribution is -0.529. The summed E-state index contributed by atoms with van der Waals surface area (Å²) in [5, 5.41) is 0.869. The first-order chi connectivity index (χ1) is 12.1. The third kappa shape index (κ3) is 3.97. The molecular formula is C17H17ClF3NO3S. The minimum Gasteiger partial charge on any atom is -0.741 e. The highest BCUT2D eigenvalue weighted by atomic mass is 35.5. The number of rotatable bonds is 0. The molecule has 1 aromatic rings. The molecule has 0 fully saturated rings. The van der Waals surface area contributed by atoms with Crippen LogP contribution in [0.15, 0.2) is 23.8 Å². The zero-order valence-electron chi connectivity index (χ0n) is 13.7. The average molecular weight is 408 g/mol. The monoisotopic (exact) mass is 407 g/mol. The van der Waals surface area contributed by atoms with E-state index in [9.17, 15) is 13.2 Å². The quantitative estimate of drug-likeness (QED) is 0.375. The van der Waals surface area contributed by atoms with Crippen molar-refractivity contribution in [1.82, 2.24) is 0 Å². The van der Waals surface area contributed by atoms with Gasteiger partial charge in [0.25, 0.3) is 0 Å². The van der Waals surface area contributed by atoms with Crippen LogP contribution in [0.5, 0.6) is 0 Å². The molecule has 4 rings (SSSR count). The van der Waals surface area contributed by atoms with Gasteiger partial charge in [0.1, 0.15) is 6.54 Å². The van der Waals surface area contributed by atoms with Crippen LogP contribution in [-0.2, 0) is 16.5 Å². The second-order valence-corrected chi connectivity index (χ2v) is 8.40. The molecule has 3 aliphatic rings. The Morgan fingerprint density at radius 2 is 1.92 bits per heavy atom. The van der Waals surface area contributed by atoms with Gasteiger partial charge in [-0.3, -0.25) is 0 Å². The molecule has 0 bridgehead atoms. The number of hydrogen-bond acceptors (Lipinski definition) is 3. The standard InChI is InChI=1S/C16H17ClN.CHF3O3S/c17-14-5-4-11-9-15-13(7-12(11)8-14)10-18-6-2-1-3-16(15)18;2-1(3,4)8(5,6)7/h4-5,8-9,13H,1-3,6-7,10H2;(H,5,6,7)/q+1;/p-1. The lowest BCUT2D eigenvalue weighted by Crippen LogP contribution is -2.21. The zero-order valence-corrected chi connectivity index (χ0v) is 15.3. The molecule has 0 amide bonds. The predicted molar refractivity (Wildman–Crippen MR) is 91.2 cm³/mol. The van der Waals surface area contributed by atoms with E-state index in [-0.39, 0.29) is 0 Å². The maximum Gasteiger partial charge on any atom is 0.485 e. The Balaban J connectivity index is 0.000000211. The fourth-order valence-corrected chi connectivity index (χ4v) is 3.91. The van der Waals surface area contributed by atoms with Crippen LogP contribution in [0.2, 0.25) is 5.02 Å². The van der Waals surface area contributed by atoms with E-state index >= 15 is 0 Å². The average Bonchev–Trinajstić information content (AvgIpc) is 2.89. The van der Waals surface area contributed by atoms with Gasteiger partial charge in [0.15, 0.2) is 22.4 Å². The highest BCUT2D eigenvalue weighted by molar-refractivity contribution is 7.86. The van der Waals surface area contributed by atoms with Crippen LogP contribution in [0.25, 0.3) is 6.08 Å². The lowest BCUT2D eigenvalue weighted by Gasteiger charge is -2.18. The lowest BCUT2D eigenvalue weighted by atomic mass is 9.82. The Bertz CT molecular complexity index is 891. The summed E-state index contributed by atoms with van der Waals surface area (Å²) >= 11 is 6.11. The molecule has 26 heavy (non-hydrogen) atoms. The summed E-state index contributed by atoms with van der Waals surface area (Å²) < 4.78 is 61.5. The van der Waals surface area contributed by atoms with Crippen LogP contribution in [0.4, 0.5) is 13.2 Å². The van der Waals surface area contributed by atoms with E-state index < -0.39 is 15.6 Å². The molecule has 0 spiro atoms. The molecule has 2 aliphatic heterocycles. The van der Waals surface area contributed by atoms with E-state index in [1.807, 2.05) is 6.07 Å². The van der Waals surface area contributed by atoms with Crippen molar-refractivity contribution in [3.8, 4) is 0 Å². The third-order valence-electron chi connectivity index (χ3n) is 4.85. The van der Waals surface area contributed by atoms with Crippen LogP contribution in [0.1, 0.15) is 30.4 Å². The Morgan fingerprint density at radius 3 is 2.58 bits per heavy atom. The normalized spacial score (nSPS) is 21.9. The largest absolute Gasteiger partial charge is 0.741 e. The number of nitrogens with zero attached hydrogens (tertiary/aromatic N) is 1. The number of halogens is 4. The van der Waals surface area contributed by atoms with Crippen LogP contribution >= 0.6 is 11.6 Å². The van der Waals surface area contributed by atoms with E-state index in [1.165, 1.54) is 49.9 Å². The number of fused-ring (bicyclic) bond motifs is 3. The van der Waals surface area contributed by atoms with Crippen LogP contribution < -0.4 is 0 Å². The Kier molecular flexibility index (Phi) is 5.20. The second kappa shape index (κ2) is 6.98. The number of benzene rings is 1. The smallest absolute Gasteiger partial charge is 0.485 e. The molecule has 142 valence electrons. The molecule has 0 saturated carbocycles.